The summed E-state index contributed by atoms with van der Waals surface area (Å²) in [6.45, 7) is 1.22. The number of fused-ring (bicyclic) bond motifs is 1. The molecule has 10 nitrogen and oxygen atoms in total. The van der Waals surface area contributed by atoms with Gasteiger partial charge in [0.2, 0.25) is 0 Å². The molecule has 0 aliphatic carbocycles. The summed E-state index contributed by atoms with van der Waals surface area (Å²) in [6, 6.07) is 19.5. The third kappa shape index (κ3) is 5.81. The molecule has 0 atom stereocenters. The second kappa shape index (κ2) is 11.4. The number of amides is 1. The largest absolute Gasteiger partial charge is 0.385 e. The molecule has 1 N–H and O–H groups in total. The normalized spacial score (nSPS) is 10.9. The number of ether oxygens (including phenoxy) is 1. The monoisotopic (exact) mass is 502 g/mol. The molecular formula is C27H26N4O6. The van der Waals surface area contributed by atoms with Crippen molar-refractivity contribution in [3.8, 4) is 0 Å². The minimum absolute atomic E-state index is 0.0263. The van der Waals surface area contributed by atoms with E-state index in [9.17, 15) is 24.5 Å². The van der Waals surface area contributed by atoms with Crippen molar-refractivity contribution in [2.75, 3.05) is 20.3 Å². The molecule has 0 aliphatic heterocycles. The third-order valence-electron chi connectivity index (χ3n) is 5.99. The molecule has 4 aromatic rings. The molecule has 0 saturated carbocycles. The molecular weight excluding hydrogens is 476 g/mol. The van der Waals surface area contributed by atoms with E-state index in [2.05, 4.69) is 5.32 Å². The van der Waals surface area contributed by atoms with Gasteiger partial charge in [-0.15, -0.1) is 0 Å². The van der Waals surface area contributed by atoms with Gasteiger partial charge in [0.05, 0.1) is 28.9 Å². The number of nitrogens with one attached hydrogen (secondary N) is 1. The molecule has 0 unspecified atom stereocenters. The Morgan fingerprint density at radius 1 is 0.919 bits per heavy atom. The molecule has 1 aromatic heterocycles. The summed E-state index contributed by atoms with van der Waals surface area (Å²) >= 11 is 0. The molecule has 0 fully saturated rings. The number of benzene rings is 3. The maximum Gasteiger partial charge on any atom is 0.332 e. The molecule has 1 amide bonds. The lowest BCUT2D eigenvalue weighted by Crippen LogP contribution is -2.40. The highest BCUT2D eigenvalue weighted by atomic mass is 16.6. The Kier molecular flexibility index (Phi) is 7.89. The third-order valence-corrected chi connectivity index (χ3v) is 5.99. The average molecular weight is 503 g/mol. The summed E-state index contributed by atoms with van der Waals surface area (Å²) in [5, 5.41) is 14.2. The molecule has 0 aliphatic rings. The van der Waals surface area contributed by atoms with Gasteiger partial charge in [0.25, 0.3) is 17.2 Å². The van der Waals surface area contributed by atoms with Crippen LogP contribution in [0.3, 0.4) is 0 Å². The van der Waals surface area contributed by atoms with E-state index in [1.165, 1.54) is 16.7 Å². The van der Waals surface area contributed by atoms with Crippen molar-refractivity contribution >= 4 is 22.5 Å². The number of para-hydroxylation sites is 1. The number of hydrogen-bond acceptors (Lipinski definition) is 6. The molecule has 10 heteroatoms. The number of nitrogens with zero attached hydrogens (tertiary/aromatic N) is 3. The van der Waals surface area contributed by atoms with E-state index in [0.717, 1.165) is 4.57 Å². The van der Waals surface area contributed by atoms with Crippen LogP contribution in [0.1, 0.15) is 27.9 Å². The van der Waals surface area contributed by atoms with Gasteiger partial charge in [-0.1, -0.05) is 36.4 Å². The van der Waals surface area contributed by atoms with Gasteiger partial charge in [0, 0.05) is 38.0 Å². The summed E-state index contributed by atoms with van der Waals surface area (Å²) in [6.07, 6.45) is 0.706. The molecule has 1 heterocycles. The fourth-order valence-corrected chi connectivity index (χ4v) is 4.03. The Morgan fingerprint density at radius 2 is 1.54 bits per heavy atom. The topological polar surface area (TPSA) is 125 Å². The number of carbonyl (C=O) groups is 1. The Balaban J connectivity index is 1.63. The number of hydrogen-bond donors (Lipinski definition) is 1. The van der Waals surface area contributed by atoms with Gasteiger partial charge in [-0.25, -0.2) is 4.79 Å². The van der Waals surface area contributed by atoms with Crippen molar-refractivity contribution in [2.24, 2.45) is 0 Å². The van der Waals surface area contributed by atoms with Gasteiger partial charge in [0.15, 0.2) is 0 Å². The highest BCUT2D eigenvalue weighted by molar-refractivity contribution is 5.94. The van der Waals surface area contributed by atoms with Crippen molar-refractivity contribution < 1.29 is 14.5 Å². The molecule has 0 radical (unpaired) electrons. The van der Waals surface area contributed by atoms with Crippen LogP contribution in [0, 0.1) is 10.1 Å². The summed E-state index contributed by atoms with van der Waals surface area (Å²) in [4.78, 5) is 49.5. The maximum absolute atomic E-state index is 13.5. The van der Waals surface area contributed by atoms with Gasteiger partial charge < -0.3 is 10.1 Å². The minimum atomic E-state index is -0.498. The molecule has 0 bridgehead atoms. The zero-order valence-corrected chi connectivity index (χ0v) is 20.3. The average Bonchev–Trinajstić information content (AvgIpc) is 2.92. The Labute approximate surface area is 211 Å². The Hall–Kier alpha value is -4.57. The van der Waals surface area contributed by atoms with E-state index >= 15 is 0 Å². The lowest BCUT2D eigenvalue weighted by molar-refractivity contribution is -0.384. The standard InChI is InChI=1S/C27H26N4O6/c1-37-16-4-15-28-25(32)21-11-7-19(8-12-21)18-30-26(33)23-5-2-3-6-24(23)29(27(30)34)17-20-9-13-22(14-10-20)31(35)36/h2-3,5-14H,4,15-18H2,1H3,(H,28,32). The van der Waals surface area contributed by atoms with Crippen LogP contribution < -0.4 is 16.6 Å². The van der Waals surface area contributed by atoms with E-state index in [1.807, 2.05) is 0 Å². The van der Waals surface area contributed by atoms with Gasteiger partial charge in [-0.2, -0.15) is 0 Å². The van der Waals surface area contributed by atoms with Crippen molar-refractivity contribution in [2.45, 2.75) is 19.5 Å². The number of rotatable bonds is 10. The number of carbonyl (C=O) groups excluding carboxylic acids is 1. The number of nitro groups is 1. The van der Waals surface area contributed by atoms with Crippen LogP contribution in [-0.2, 0) is 17.8 Å². The fraction of sp³-hybridized carbons (Fsp3) is 0.222. The number of methoxy groups -OCH3 is 1. The van der Waals surface area contributed by atoms with Crippen molar-refractivity contribution in [3.63, 3.8) is 0 Å². The SMILES string of the molecule is COCCCNC(=O)c1ccc(Cn2c(=O)c3ccccc3n(Cc3ccc([N+](=O)[O-])cc3)c2=O)cc1. The first-order valence-electron chi connectivity index (χ1n) is 11.7. The Bertz CT molecular complexity index is 1540. The number of nitro benzene ring substituents is 1. The quantitative estimate of drug-likeness (QED) is 0.202. The zero-order chi connectivity index (χ0) is 26.4. The Morgan fingerprint density at radius 3 is 2.19 bits per heavy atom. The second-order valence-electron chi connectivity index (χ2n) is 8.50. The van der Waals surface area contributed by atoms with Crippen LogP contribution in [0.5, 0.6) is 0 Å². The van der Waals surface area contributed by atoms with Gasteiger partial charge in [-0.05, 0) is 41.8 Å². The minimum Gasteiger partial charge on any atom is -0.385 e. The predicted molar refractivity (Wildman–Crippen MR) is 139 cm³/mol. The van der Waals surface area contributed by atoms with Crippen LogP contribution in [-0.4, -0.2) is 40.2 Å². The highest BCUT2D eigenvalue weighted by Crippen LogP contribution is 2.15. The van der Waals surface area contributed by atoms with Crippen molar-refractivity contribution in [1.29, 1.82) is 0 Å². The summed E-state index contributed by atoms with van der Waals surface area (Å²) in [5.74, 6) is -0.212. The van der Waals surface area contributed by atoms with Crippen molar-refractivity contribution in [1.82, 2.24) is 14.5 Å². The molecule has 4 rings (SSSR count). The molecule has 0 saturated heterocycles. The fourth-order valence-electron chi connectivity index (χ4n) is 4.03. The summed E-state index contributed by atoms with van der Waals surface area (Å²) in [7, 11) is 1.60. The van der Waals surface area contributed by atoms with Crippen LogP contribution in [0.25, 0.3) is 10.9 Å². The lowest BCUT2D eigenvalue weighted by Gasteiger charge is -2.14. The first kappa shape index (κ1) is 25.5. The van der Waals surface area contributed by atoms with Crippen LogP contribution in [0.2, 0.25) is 0 Å². The second-order valence-corrected chi connectivity index (χ2v) is 8.50. The first-order chi connectivity index (χ1) is 17.9. The van der Waals surface area contributed by atoms with Gasteiger partial charge in [-0.3, -0.25) is 28.8 Å². The smallest absolute Gasteiger partial charge is 0.332 e. The molecule has 37 heavy (non-hydrogen) atoms. The predicted octanol–water partition coefficient (Wildman–Crippen LogP) is 2.93. The first-order valence-corrected chi connectivity index (χ1v) is 11.7. The maximum atomic E-state index is 13.5. The highest BCUT2D eigenvalue weighted by Gasteiger charge is 2.15. The zero-order valence-electron chi connectivity index (χ0n) is 20.3. The van der Waals surface area contributed by atoms with E-state index in [0.29, 0.717) is 47.2 Å². The van der Waals surface area contributed by atoms with E-state index in [-0.39, 0.29) is 24.7 Å². The van der Waals surface area contributed by atoms with Crippen LogP contribution in [0.4, 0.5) is 5.69 Å². The number of non-ortho nitro benzene ring substituents is 1. The summed E-state index contributed by atoms with van der Waals surface area (Å²) < 4.78 is 7.62. The molecule has 190 valence electrons. The van der Waals surface area contributed by atoms with E-state index in [4.69, 9.17) is 4.74 Å². The lowest BCUT2D eigenvalue weighted by atomic mass is 10.1. The van der Waals surface area contributed by atoms with E-state index < -0.39 is 16.2 Å². The van der Waals surface area contributed by atoms with Crippen molar-refractivity contribution in [3.05, 3.63) is 120 Å². The number of aromatic nitrogens is 2. The van der Waals surface area contributed by atoms with Crippen LogP contribution >= 0.6 is 0 Å². The molecule has 0 spiro atoms. The van der Waals surface area contributed by atoms with Gasteiger partial charge in [0.1, 0.15) is 0 Å². The summed E-state index contributed by atoms with van der Waals surface area (Å²) in [5.41, 5.74) is 1.37. The molecule has 3 aromatic carbocycles. The van der Waals surface area contributed by atoms with E-state index in [1.54, 1.807) is 67.8 Å². The van der Waals surface area contributed by atoms with Crippen LogP contribution in [0.15, 0.2) is 82.4 Å². The van der Waals surface area contributed by atoms with Gasteiger partial charge >= 0.3 is 5.69 Å².